The van der Waals surface area contributed by atoms with Crippen LogP contribution >= 0.6 is 0 Å². The molecule has 3 aromatic carbocycles. The average Bonchev–Trinajstić information content (AvgIpc) is 2.76. The number of pyridine rings is 1. The molecule has 0 radical (unpaired) electrons. The summed E-state index contributed by atoms with van der Waals surface area (Å²) in [6.45, 7) is 1.94. The molecule has 0 bridgehead atoms. The van der Waals surface area contributed by atoms with Gasteiger partial charge in [0, 0.05) is 23.9 Å². The van der Waals surface area contributed by atoms with Gasteiger partial charge in [0.15, 0.2) is 5.69 Å². The Balaban J connectivity index is 1.91. The van der Waals surface area contributed by atoms with Crippen molar-refractivity contribution in [1.29, 1.82) is 0 Å². The van der Waals surface area contributed by atoms with Crippen LogP contribution in [0.1, 0.15) is 16.8 Å². The average molecular weight is 370 g/mol. The van der Waals surface area contributed by atoms with Crippen molar-refractivity contribution in [3.63, 3.8) is 0 Å². The third kappa shape index (κ3) is 3.19. The van der Waals surface area contributed by atoms with Crippen LogP contribution in [0.2, 0.25) is 0 Å². The molecule has 4 aromatic rings. The van der Waals surface area contributed by atoms with Gasteiger partial charge in [0.25, 0.3) is 0 Å². The first-order chi connectivity index (χ1) is 13.6. The predicted octanol–water partition coefficient (Wildman–Crippen LogP) is 4.29. The lowest BCUT2D eigenvalue weighted by Gasteiger charge is -2.11. The normalized spacial score (nSPS) is 11.1. The minimum absolute atomic E-state index is 0.0736. The highest BCUT2D eigenvalue weighted by atomic mass is 16.3. The third-order valence-electron chi connectivity index (χ3n) is 5.52. The number of benzene rings is 3. The summed E-state index contributed by atoms with van der Waals surface area (Å²) in [7, 11) is 2.07. The van der Waals surface area contributed by atoms with E-state index in [0.29, 0.717) is 0 Å². The molecule has 0 aliphatic carbocycles. The number of hydrogen-bond acceptors (Lipinski definition) is 2. The Morgan fingerprint density at radius 2 is 1.36 bits per heavy atom. The first-order valence-electron chi connectivity index (χ1n) is 9.45. The third-order valence-corrected chi connectivity index (χ3v) is 5.52. The van der Waals surface area contributed by atoms with Gasteiger partial charge in [-0.25, -0.2) is 0 Å². The Bertz CT molecular complexity index is 1150. The summed E-state index contributed by atoms with van der Waals surface area (Å²) in [6, 6.07) is 25.1. The highest BCUT2D eigenvalue weighted by Gasteiger charge is 2.18. The monoisotopic (exact) mass is 370 g/mol. The lowest BCUT2D eigenvalue weighted by atomic mass is 9.97. The molecule has 0 unspecified atom stereocenters. The van der Waals surface area contributed by atoms with E-state index in [1.54, 1.807) is 0 Å². The number of fused-ring (bicyclic) bond motifs is 1. The minimum atomic E-state index is -0.0786. The van der Waals surface area contributed by atoms with Crippen LogP contribution in [0.3, 0.4) is 0 Å². The molecule has 2 N–H and O–H groups in total. The molecule has 0 aliphatic rings. The van der Waals surface area contributed by atoms with Crippen LogP contribution in [0.15, 0.2) is 72.8 Å². The van der Waals surface area contributed by atoms with Gasteiger partial charge in [-0.3, -0.25) is 0 Å². The zero-order valence-electron chi connectivity index (χ0n) is 16.2. The van der Waals surface area contributed by atoms with Gasteiger partial charge in [0.05, 0.1) is 13.2 Å². The fourth-order valence-electron chi connectivity index (χ4n) is 3.81. The summed E-state index contributed by atoms with van der Waals surface area (Å²) in [5, 5.41) is 21.4. The Morgan fingerprint density at radius 3 is 2.07 bits per heavy atom. The molecule has 4 rings (SSSR count). The van der Waals surface area contributed by atoms with Crippen molar-refractivity contribution in [2.75, 3.05) is 0 Å². The first-order valence-corrected chi connectivity index (χ1v) is 9.45. The molecule has 0 saturated carbocycles. The molecule has 140 valence electrons. The lowest BCUT2D eigenvalue weighted by molar-refractivity contribution is -0.665. The van der Waals surface area contributed by atoms with Gasteiger partial charge in [0.2, 0.25) is 5.69 Å². The zero-order valence-corrected chi connectivity index (χ0v) is 16.2. The van der Waals surface area contributed by atoms with E-state index in [9.17, 15) is 10.2 Å². The largest absolute Gasteiger partial charge is 0.392 e. The molecule has 0 spiro atoms. The molecule has 3 nitrogen and oxygen atoms in total. The smallest absolute Gasteiger partial charge is 0.213 e. The minimum Gasteiger partial charge on any atom is -0.392 e. The summed E-state index contributed by atoms with van der Waals surface area (Å²) in [4.78, 5) is 0. The predicted molar refractivity (Wildman–Crippen MR) is 113 cm³/mol. The Hall–Kier alpha value is -3.01. The second-order valence-electron chi connectivity index (χ2n) is 7.15. The fraction of sp³-hybridized carbons (Fsp3) is 0.160. The second-order valence-corrected chi connectivity index (χ2v) is 7.15. The van der Waals surface area contributed by atoms with Gasteiger partial charge < -0.3 is 10.2 Å². The maximum Gasteiger partial charge on any atom is 0.213 e. The standard InChI is InChI=1S/C25H24NO2/c1-17-24-13-23(16-28)22(15-27)12-21(24)14-25(26(17)2)20-10-6-9-19(11-20)18-7-4-3-5-8-18/h3-14,27-28H,15-16H2,1-2H3/q+1. The quantitative estimate of drug-likeness (QED) is 0.526. The van der Waals surface area contributed by atoms with E-state index in [4.69, 9.17) is 0 Å². The van der Waals surface area contributed by atoms with Crippen LogP contribution in [0.4, 0.5) is 0 Å². The zero-order chi connectivity index (χ0) is 19.7. The molecular weight excluding hydrogens is 346 g/mol. The van der Waals surface area contributed by atoms with E-state index in [2.05, 4.69) is 73.1 Å². The van der Waals surface area contributed by atoms with Gasteiger partial charge >= 0.3 is 0 Å². The highest BCUT2D eigenvalue weighted by Crippen LogP contribution is 2.29. The van der Waals surface area contributed by atoms with Crippen LogP contribution in [0.5, 0.6) is 0 Å². The number of aryl methyl sites for hydroxylation is 1. The van der Waals surface area contributed by atoms with E-state index in [0.717, 1.165) is 38.9 Å². The van der Waals surface area contributed by atoms with E-state index >= 15 is 0 Å². The summed E-state index contributed by atoms with van der Waals surface area (Å²) in [5.74, 6) is 0. The summed E-state index contributed by atoms with van der Waals surface area (Å²) >= 11 is 0. The molecule has 1 heterocycles. The van der Waals surface area contributed by atoms with Gasteiger partial charge in [-0.15, -0.1) is 0 Å². The number of nitrogens with zero attached hydrogens (tertiary/aromatic N) is 1. The van der Waals surface area contributed by atoms with Crippen molar-refractivity contribution in [1.82, 2.24) is 0 Å². The molecule has 1 aromatic heterocycles. The van der Waals surface area contributed by atoms with Gasteiger partial charge in [-0.2, -0.15) is 4.57 Å². The molecule has 0 fully saturated rings. The van der Waals surface area contributed by atoms with Crippen molar-refractivity contribution in [3.8, 4) is 22.4 Å². The van der Waals surface area contributed by atoms with E-state index in [1.165, 1.54) is 11.1 Å². The van der Waals surface area contributed by atoms with Crippen LogP contribution in [-0.4, -0.2) is 10.2 Å². The van der Waals surface area contributed by atoms with Crippen molar-refractivity contribution in [2.24, 2.45) is 7.05 Å². The van der Waals surface area contributed by atoms with Crippen LogP contribution in [0, 0.1) is 6.92 Å². The molecular formula is C25H24NO2+. The number of aliphatic hydroxyl groups is 2. The van der Waals surface area contributed by atoms with Crippen LogP contribution < -0.4 is 4.57 Å². The second kappa shape index (κ2) is 7.55. The molecule has 0 saturated heterocycles. The topological polar surface area (TPSA) is 44.3 Å². The van der Waals surface area contributed by atoms with Crippen molar-refractivity contribution < 1.29 is 14.8 Å². The Labute approximate surface area is 165 Å². The fourth-order valence-corrected chi connectivity index (χ4v) is 3.81. The number of aromatic nitrogens is 1. The van der Waals surface area contributed by atoms with Crippen molar-refractivity contribution in [3.05, 3.63) is 89.6 Å². The maximum absolute atomic E-state index is 9.67. The summed E-state index contributed by atoms with van der Waals surface area (Å²) in [5.41, 5.74) is 7.30. The lowest BCUT2D eigenvalue weighted by Crippen LogP contribution is -2.35. The number of rotatable bonds is 4. The Morgan fingerprint density at radius 1 is 0.714 bits per heavy atom. The highest BCUT2D eigenvalue weighted by molar-refractivity contribution is 5.88. The SMILES string of the molecule is Cc1c2cc(CO)c(CO)cc2cc(-c2cccc(-c3ccccc3)c2)[n+]1C. The summed E-state index contributed by atoms with van der Waals surface area (Å²) < 4.78 is 2.19. The maximum atomic E-state index is 9.67. The molecule has 0 amide bonds. The van der Waals surface area contributed by atoms with Crippen LogP contribution in [0.25, 0.3) is 33.2 Å². The molecule has 0 atom stereocenters. The van der Waals surface area contributed by atoms with Gasteiger partial charge in [-0.05, 0) is 51.9 Å². The Kier molecular flexibility index (Phi) is 4.95. The van der Waals surface area contributed by atoms with Gasteiger partial charge in [-0.1, -0.05) is 42.5 Å². The number of hydrogen-bond donors (Lipinski definition) is 2. The molecule has 3 heteroatoms. The van der Waals surface area contributed by atoms with E-state index in [-0.39, 0.29) is 13.2 Å². The van der Waals surface area contributed by atoms with Crippen LogP contribution in [-0.2, 0) is 20.3 Å². The molecule has 28 heavy (non-hydrogen) atoms. The van der Waals surface area contributed by atoms with E-state index < -0.39 is 0 Å². The molecule has 0 aliphatic heterocycles. The van der Waals surface area contributed by atoms with Crippen molar-refractivity contribution in [2.45, 2.75) is 20.1 Å². The first kappa shape index (κ1) is 18.4. The summed E-state index contributed by atoms with van der Waals surface area (Å²) in [6.07, 6.45) is 0. The van der Waals surface area contributed by atoms with Gasteiger partial charge in [0.1, 0.15) is 7.05 Å². The van der Waals surface area contributed by atoms with E-state index in [1.807, 2.05) is 18.2 Å². The van der Waals surface area contributed by atoms with Crippen molar-refractivity contribution >= 4 is 10.8 Å². The number of aliphatic hydroxyl groups excluding tert-OH is 2.